The summed E-state index contributed by atoms with van der Waals surface area (Å²) < 4.78 is 0. The summed E-state index contributed by atoms with van der Waals surface area (Å²) in [5.41, 5.74) is 1.93. The summed E-state index contributed by atoms with van der Waals surface area (Å²) in [7, 11) is 0. The van der Waals surface area contributed by atoms with Gasteiger partial charge in [0.25, 0.3) is 0 Å². The van der Waals surface area contributed by atoms with E-state index in [1.54, 1.807) is 42.5 Å². The number of thiazole rings is 1. The normalized spacial score (nSPS) is 17.6. The number of carboxylic acid groups (broad SMARTS) is 1. The summed E-state index contributed by atoms with van der Waals surface area (Å²) >= 11 is 14.9. The van der Waals surface area contributed by atoms with Gasteiger partial charge in [-0.15, -0.1) is 23.1 Å². The molecule has 0 radical (unpaired) electrons. The van der Waals surface area contributed by atoms with Crippen LogP contribution >= 0.6 is 46.3 Å². The molecule has 0 spiro atoms. The Labute approximate surface area is 238 Å². The van der Waals surface area contributed by atoms with Gasteiger partial charge in [0.05, 0.1) is 27.8 Å². The molecule has 3 atom stereocenters. The minimum Gasteiger partial charge on any atom is -0.481 e. The Morgan fingerprint density at radius 1 is 1.11 bits per heavy atom. The summed E-state index contributed by atoms with van der Waals surface area (Å²) in [5, 5.41) is 18.1. The van der Waals surface area contributed by atoms with Gasteiger partial charge in [0, 0.05) is 26.5 Å². The SMILES string of the molecule is CCC(Sc1cccc(NC(=O)C2CC=CCC2C(=O)O)c1)C(=O)Nc1nc(-c2ccc(Cl)cc2Cl)cs1. The van der Waals surface area contributed by atoms with Crippen LogP contribution in [-0.2, 0) is 14.4 Å². The summed E-state index contributed by atoms with van der Waals surface area (Å²) in [6, 6.07) is 12.4. The first-order chi connectivity index (χ1) is 18.2. The molecule has 0 saturated carbocycles. The average molecular weight is 591 g/mol. The number of anilines is 2. The van der Waals surface area contributed by atoms with Gasteiger partial charge in [0.2, 0.25) is 11.8 Å². The molecule has 1 heterocycles. The monoisotopic (exact) mass is 589 g/mol. The number of amides is 2. The van der Waals surface area contributed by atoms with Crippen molar-refractivity contribution in [3.63, 3.8) is 0 Å². The van der Waals surface area contributed by atoms with Crippen molar-refractivity contribution in [2.45, 2.75) is 36.3 Å². The Balaban J connectivity index is 1.39. The topological polar surface area (TPSA) is 108 Å². The highest BCUT2D eigenvalue weighted by atomic mass is 35.5. The van der Waals surface area contributed by atoms with E-state index in [1.807, 2.05) is 24.4 Å². The molecule has 2 aromatic carbocycles. The first-order valence-electron chi connectivity index (χ1n) is 11.9. The Hall–Kier alpha value is -2.85. The molecule has 3 N–H and O–H groups in total. The van der Waals surface area contributed by atoms with E-state index in [9.17, 15) is 19.5 Å². The van der Waals surface area contributed by atoms with Crippen molar-refractivity contribution >= 4 is 74.9 Å². The zero-order chi connectivity index (χ0) is 27.2. The van der Waals surface area contributed by atoms with Gasteiger partial charge in [-0.05, 0) is 55.7 Å². The second kappa shape index (κ2) is 12.8. The predicted octanol–water partition coefficient (Wildman–Crippen LogP) is 7.23. The number of allylic oxidation sites excluding steroid dienone is 2. The first kappa shape index (κ1) is 28.2. The molecule has 11 heteroatoms. The van der Waals surface area contributed by atoms with Crippen molar-refractivity contribution in [1.82, 2.24) is 4.98 Å². The fourth-order valence-corrected chi connectivity index (χ4v) is 6.32. The standard InChI is InChI=1S/C27H25Cl2N3O4S2/c1-2-23(25(34)32-27-31-22(14-37-27)20-11-10-15(28)12-21(20)29)38-17-7-5-6-16(13-17)30-24(33)18-8-3-4-9-19(18)26(35)36/h3-7,10-14,18-19,23H,2,8-9H2,1H3,(H,30,33)(H,35,36)(H,31,32,34). The number of carbonyl (C=O) groups is 3. The molecule has 4 rings (SSSR count). The third kappa shape index (κ3) is 6.96. The Bertz CT molecular complexity index is 1380. The molecule has 1 aliphatic rings. The largest absolute Gasteiger partial charge is 0.481 e. The molecular formula is C27H25Cl2N3O4S2. The highest BCUT2D eigenvalue weighted by Crippen LogP contribution is 2.34. The van der Waals surface area contributed by atoms with Crippen LogP contribution in [0.3, 0.4) is 0 Å². The quantitative estimate of drug-likeness (QED) is 0.179. The summed E-state index contributed by atoms with van der Waals surface area (Å²) in [5.74, 6) is -2.86. The molecule has 0 saturated heterocycles. The van der Waals surface area contributed by atoms with Crippen LogP contribution in [0.1, 0.15) is 26.2 Å². The minimum absolute atomic E-state index is 0.187. The van der Waals surface area contributed by atoms with E-state index in [4.69, 9.17) is 23.2 Å². The molecule has 3 unspecified atom stereocenters. The number of hydrogen-bond donors (Lipinski definition) is 3. The maximum atomic E-state index is 13.0. The van der Waals surface area contributed by atoms with E-state index >= 15 is 0 Å². The van der Waals surface area contributed by atoms with Gasteiger partial charge in [0.1, 0.15) is 0 Å². The summed E-state index contributed by atoms with van der Waals surface area (Å²) in [6.07, 6.45) is 4.94. The van der Waals surface area contributed by atoms with Crippen LogP contribution in [0.2, 0.25) is 10.0 Å². The Kier molecular flexibility index (Phi) is 9.49. The number of thioether (sulfide) groups is 1. The lowest BCUT2D eigenvalue weighted by molar-refractivity contribution is -0.146. The molecule has 38 heavy (non-hydrogen) atoms. The van der Waals surface area contributed by atoms with Crippen LogP contribution in [0.15, 0.2) is 64.9 Å². The smallest absolute Gasteiger partial charge is 0.307 e. The molecule has 7 nitrogen and oxygen atoms in total. The fourth-order valence-electron chi connectivity index (χ4n) is 4.08. The van der Waals surface area contributed by atoms with Gasteiger partial charge >= 0.3 is 5.97 Å². The lowest BCUT2D eigenvalue weighted by atomic mass is 9.82. The van der Waals surface area contributed by atoms with Gasteiger partial charge in [-0.3, -0.25) is 14.4 Å². The molecule has 2 amide bonds. The maximum absolute atomic E-state index is 13.0. The molecule has 3 aromatic rings. The second-order valence-electron chi connectivity index (χ2n) is 8.68. The van der Waals surface area contributed by atoms with Crippen molar-refractivity contribution < 1.29 is 19.5 Å². The number of carboxylic acids is 1. The number of benzene rings is 2. The number of hydrogen-bond acceptors (Lipinski definition) is 6. The van der Waals surface area contributed by atoms with Crippen LogP contribution in [0, 0.1) is 11.8 Å². The zero-order valence-electron chi connectivity index (χ0n) is 20.3. The molecule has 1 aromatic heterocycles. The van der Waals surface area contributed by atoms with Crippen molar-refractivity contribution in [2.75, 3.05) is 10.6 Å². The van der Waals surface area contributed by atoms with Crippen LogP contribution < -0.4 is 10.6 Å². The molecule has 0 aliphatic heterocycles. The van der Waals surface area contributed by atoms with E-state index < -0.39 is 23.1 Å². The van der Waals surface area contributed by atoms with Crippen LogP contribution in [0.5, 0.6) is 0 Å². The maximum Gasteiger partial charge on any atom is 0.307 e. The van der Waals surface area contributed by atoms with Crippen molar-refractivity contribution in [3.8, 4) is 11.3 Å². The summed E-state index contributed by atoms with van der Waals surface area (Å²) in [6.45, 7) is 1.92. The van der Waals surface area contributed by atoms with E-state index in [2.05, 4.69) is 15.6 Å². The highest BCUT2D eigenvalue weighted by Gasteiger charge is 2.34. The van der Waals surface area contributed by atoms with Crippen LogP contribution in [-0.4, -0.2) is 33.1 Å². The van der Waals surface area contributed by atoms with Crippen molar-refractivity contribution in [3.05, 3.63) is 70.0 Å². The van der Waals surface area contributed by atoms with Crippen LogP contribution in [0.4, 0.5) is 10.8 Å². The third-order valence-corrected chi connectivity index (χ3v) is 8.73. The zero-order valence-corrected chi connectivity index (χ0v) is 23.5. The van der Waals surface area contributed by atoms with Gasteiger partial charge in [-0.25, -0.2) is 4.98 Å². The van der Waals surface area contributed by atoms with E-state index in [-0.39, 0.29) is 11.8 Å². The average Bonchev–Trinajstić information content (AvgIpc) is 3.35. The lowest BCUT2D eigenvalue weighted by Crippen LogP contribution is -2.34. The number of carbonyl (C=O) groups excluding carboxylic acids is 2. The summed E-state index contributed by atoms with van der Waals surface area (Å²) in [4.78, 5) is 42.7. The Morgan fingerprint density at radius 3 is 2.58 bits per heavy atom. The number of nitrogens with zero attached hydrogens (tertiary/aromatic N) is 1. The second-order valence-corrected chi connectivity index (χ2v) is 11.7. The first-order valence-corrected chi connectivity index (χ1v) is 14.4. The molecule has 0 fully saturated rings. The third-order valence-electron chi connectivity index (χ3n) is 6.07. The van der Waals surface area contributed by atoms with E-state index in [0.717, 1.165) is 10.5 Å². The molecule has 1 aliphatic carbocycles. The van der Waals surface area contributed by atoms with E-state index in [0.29, 0.717) is 45.8 Å². The van der Waals surface area contributed by atoms with Gasteiger partial charge in [-0.2, -0.15) is 0 Å². The molecular weight excluding hydrogens is 565 g/mol. The van der Waals surface area contributed by atoms with Gasteiger partial charge < -0.3 is 15.7 Å². The Morgan fingerprint density at radius 2 is 1.87 bits per heavy atom. The van der Waals surface area contributed by atoms with Crippen LogP contribution in [0.25, 0.3) is 11.3 Å². The number of aliphatic carboxylic acids is 1. The highest BCUT2D eigenvalue weighted by molar-refractivity contribution is 8.00. The van der Waals surface area contributed by atoms with Crippen molar-refractivity contribution in [1.29, 1.82) is 0 Å². The van der Waals surface area contributed by atoms with Crippen molar-refractivity contribution in [2.24, 2.45) is 11.8 Å². The minimum atomic E-state index is -0.973. The molecule has 198 valence electrons. The van der Waals surface area contributed by atoms with Gasteiger partial charge in [-0.1, -0.05) is 48.3 Å². The fraction of sp³-hybridized carbons (Fsp3) is 0.259. The number of rotatable bonds is 9. The molecule has 0 bridgehead atoms. The number of halogens is 2. The van der Waals surface area contributed by atoms with Gasteiger partial charge in [0.15, 0.2) is 5.13 Å². The van der Waals surface area contributed by atoms with E-state index in [1.165, 1.54) is 23.1 Å². The lowest BCUT2D eigenvalue weighted by Gasteiger charge is -2.24. The number of nitrogens with one attached hydrogen (secondary N) is 2. The number of aromatic nitrogens is 1. The predicted molar refractivity (Wildman–Crippen MR) is 154 cm³/mol.